The lowest BCUT2D eigenvalue weighted by atomic mass is 9.96. The maximum absolute atomic E-state index is 12.9. The van der Waals surface area contributed by atoms with E-state index in [4.69, 9.17) is 4.74 Å². The summed E-state index contributed by atoms with van der Waals surface area (Å²) in [6.07, 6.45) is 3.45. The number of piperidine rings is 1. The maximum atomic E-state index is 12.9. The zero-order valence-corrected chi connectivity index (χ0v) is 15.8. The Bertz CT molecular complexity index is 1010. The SMILES string of the molecule is COc1cccc(NC(=O)[C@@H]2CCCN(C(=O)c3ccc4cc[nH]c4c3)C2)c1. The average Bonchev–Trinajstić information content (AvgIpc) is 3.21. The Balaban J connectivity index is 1.44. The number of nitrogens with one attached hydrogen (secondary N) is 2. The predicted molar refractivity (Wildman–Crippen MR) is 109 cm³/mol. The number of hydrogen-bond acceptors (Lipinski definition) is 3. The molecule has 28 heavy (non-hydrogen) atoms. The van der Waals surface area contributed by atoms with Gasteiger partial charge < -0.3 is 19.9 Å². The van der Waals surface area contributed by atoms with Crippen molar-refractivity contribution in [1.29, 1.82) is 0 Å². The van der Waals surface area contributed by atoms with Gasteiger partial charge in [0.2, 0.25) is 5.91 Å². The summed E-state index contributed by atoms with van der Waals surface area (Å²) < 4.78 is 5.20. The molecule has 1 aliphatic heterocycles. The molecule has 0 radical (unpaired) electrons. The van der Waals surface area contributed by atoms with Crippen LogP contribution in [0.2, 0.25) is 0 Å². The number of H-pyrrole nitrogens is 1. The summed E-state index contributed by atoms with van der Waals surface area (Å²) in [5, 5.41) is 4.02. The number of aromatic amines is 1. The third kappa shape index (κ3) is 3.71. The van der Waals surface area contributed by atoms with Crippen LogP contribution in [0.15, 0.2) is 54.7 Å². The molecule has 0 bridgehead atoms. The molecule has 0 unspecified atom stereocenters. The molecule has 0 spiro atoms. The number of carbonyl (C=O) groups excluding carboxylic acids is 2. The van der Waals surface area contributed by atoms with Crippen molar-refractivity contribution >= 4 is 28.4 Å². The average molecular weight is 377 g/mol. The molecule has 1 saturated heterocycles. The lowest BCUT2D eigenvalue weighted by Gasteiger charge is -2.32. The second-order valence-electron chi connectivity index (χ2n) is 7.09. The number of likely N-dealkylation sites (tertiary alicyclic amines) is 1. The second kappa shape index (κ2) is 7.76. The van der Waals surface area contributed by atoms with Crippen LogP contribution in [0.5, 0.6) is 5.75 Å². The molecule has 1 aliphatic rings. The van der Waals surface area contributed by atoms with Gasteiger partial charge in [-0.1, -0.05) is 12.1 Å². The van der Waals surface area contributed by atoms with E-state index in [-0.39, 0.29) is 17.7 Å². The Morgan fingerprint density at radius 3 is 2.93 bits per heavy atom. The first-order chi connectivity index (χ1) is 13.6. The molecular weight excluding hydrogens is 354 g/mol. The van der Waals surface area contributed by atoms with E-state index in [1.54, 1.807) is 18.1 Å². The molecular formula is C22H23N3O3. The van der Waals surface area contributed by atoms with Crippen molar-refractivity contribution < 1.29 is 14.3 Å². The highest BCUT2D eigenvalue weighted by atomic mass is 16.5. The normalized spacial score (nSPS) is 16.8. The summed E-state index contributed by atoms with van der Waals surface area (Å²) in [4.78, 5) is 30.6. The van der Waals surface area contributed by atoms with Crippen LogP contribution in [-0.4, -0.2) is 41.9 Å². The summed E-state index contributed by atoms with van der Waals surface area (Å²) in [6, 6.07) is 14.9. The van der Waals surface area contributed by atoms with Gasteiger partial charge in [-0.05, 0) is 48.6 Å². The molecule has 0 aliphatic carbocycles. The van der Waals surface area contributed by atoms with Crippen molar-refractivity contribution in [2.45, 2.75) is 12.8 Å². The Kier molecular flexibility index (Phi) is 5.02. The fourth-order valence-electron chi connectivity index (χ4n) is 3.68. The summed E-state index contributed by atoms with van der Waals surface area (Å²) in [5.41, 5.74) is 2.28. The summed E-state index contributed by atoms with van der Waals surface area (Å²) in [6.45, 7) is 1.10. The zero-order valence-electron chi connectivity index (χ0n) is 15.8. The van der Waals surface area contributed by atoms with Crippen LogP contribution in [0.3, 0.4) is 0 Å². The molecule has 3 aromatic rings. The van der Waals surface area contributed by atoms with Crippen LogP contribution in [0.25, 0.3) is 10.9 Å². The summed E-state index contributed by atoms with van der Waals surface area (Å²) in [7, 11) is 1.59. The maximum Gasteiger partial charge on any atom is 0.253 e. The van der Waals surface area contributed by atoms with E-state index in [1.807, 2.05) is 48.7 Å². The fourth-order valence-corrected chi connectivity index (χ4v) is 3.68. The number of benzene rings is 2. The zero-order chi connectivity index (χ0) is 19.5. The molecule has 1 fully saturated rings. The van der Waals surface area contributed by atoms with Gasteiger partial charge in [0.05, 0.1) is 13.0 Å². The quantitative estimate of drug-likeness (QED) is 0.729. The smallest absolute Gasteiger partial charge is 0.253 e. The monoisotopic (exact) mass is 377 g/mol. The molecule has 2 N–H and O–H groups in total. The van der Waals surface area contributed by atoms with E-state index in [0.717, 1.165) is 23.7 Å². The number of methoxy groups -OCH3 is 1. The molecule has 2 aromatic carbocycles. The minimum Gasteiger partial charge on any atom is -0.497 e. The third-order valence-electron chi connectivity index (χ3n) is 5.22. The summed E-state index contributed by atoms with van der Waals surface area (Å²) >= 11 is 0. The molecule has 1 atom stereocenters. The molecule has 6 nitrogen and oxygen atoms in total. The van der Waals surface area contributed by atoms with Gasteiger partial charge in [-0.2, -0.15) is 0 Å². The van der Waals surface area contributed by atoms with E-state index in [0.29, 0.717) is 30.1 Å². The molecule has 2 amide bonds. The second-order valence-corrected chi connectivity index (χ2v) is 7.09. The van der Waals surface area contributed by atoms with Crippen molar-refractivity contribution in [1.82, 2.24) is 9.88 Å². The van der Waals surface area contributed by atoms with E-state index in [2.05, 4.69) is 10.3 Å². The molecule has 6 heteroatoms. The van der Waals surface area contributed by atoms with Gasteiger partial charge in [-0.15, -0.1) is 0 Å². The Labute approximate surface area is 163 Å². The standard InChI is InChI=1S/C22H23N3O3/c1-28-19-6-2-5-18(13-19)24-21(26)17-4-3-11-25(14-17)22(27)16-8-7-15-9-10-23-20(15)12-16/h2,5-10,12-13,17,23H,3-4,11,14H2,1H3,(H,24,26)/t17-/m1/s1. The number of amides is 2. The van der Waals surface area contributed by atoms with Crippen LogP contribution in [-0.2, 0) is 4.79 Å². The summed E-state index contributed by atoms with van der Waals surface area (Å²) in [5.74, 6) is 0.372. The molecule has 2 heterocycles. The minimum absolute atomic E-state index is 0.0321. The van der Waals surface area contributed by atoms with Gasteiger partial charge in [0.15, 0.2) is 0 Å². The molecule has 144 valence electrons. The third-order valence-corrected chi connectivity index (χ3v) is 5.22. The van der Waals surface area contributed by atoms with Crippen molar-refractivity contribution in [3.63, 3.8) is 0 Å². The molecule has 0 saturated carbocycles. The highest BCUT2D eigenvalue weighted by Gasteiger charge is 2.29. The number of nitrogens with zero attached hydrogens (tertiary/aromatic N) is 1. The van der Waals surface area contributed by atoms with Crippen LogP contribution in [0.4, 0.5) is 5.69 Å². The number of carbonyl (C=O) groups is 2. The van der Waals surface area contributed by atoms with E-state index in [9.17, 15) is 9.59 Å². The van der Waals surface area contributed by atoms with Crippen LogP contribution < -0.4 is 10.1 Å². The van der Waals surface area contributed by atoms with Crippen LogP contribution in [0.1, 0.15) is 23.2 Å². The van der Waals surface area contributed by atoms with E-state index >= 15 is 0 Å². The lowest BCUT2D eigenvalue weighted by molar-refractivity contribution is -0.121. The highest BCUT2D eigenvalue weighted by Crippen LogP contribution is 2.23. The Morgan fingerprint density at radius 1 is 1.18 bits per heavy atom. The van der Waals surface area contributed by atoms with Gasteiger partial charge in [-0.3, -0.25) is 9.59 Å². The number of anilines is 1. The van der Waals surface area contributed by atoms with Gasteiger partial charge in [-0.25, -0.2) is 0 Å². The van der Waals surface area contributed by atoms with Crippen LogP contribution >= 0.6 is 0 Å². The molecule has 4 rings (SSSR count). The Hall–Kier alpha value is -3.28. The van der Waals surface area contributed by atoms with Gasteiger partial charge in [0.25, 0.3) is 5.91 Å². The van der Waals surface area contributed by atoms with Gasteiger partial charge in [0, 0.05) is 42.1 Å². The Morgan fingerprint density at radius 2 is 2.07 bits per heavy atom. The number of hydrogen-bond donors (Lipinski definition) is 2. The number of rotatable bonds is 4. The van der Waals surface area contributed by atoms with Gasteiger partial charge in [0.1, 0.15) is 5.75 Å². The highest BCUT2D eigenvalue weighted by molar-refractivity contribution is 5.99. The van der Waals surface area contributed by atoms with Crippen LogP contribution in [0, 0.1) is 5.92 Å². The van der Waals surface area contributed by atoms with Crippen molar-refractivity contribution in [3.8, 4) is 5.75 Å². The fraction of sp³-hybridized carbons (Fsp3) is 0.273. The largest absolute Gasteiger partial charge is 0.497 e. The number of ether oxygens (including phenoxy) is 1. The van der Waals surface area contributed by atoms with Crippen molar-refractivity contribution in [3.05, 3.63) is 60.3 Å². The molecule has 1 aromatic heterocycles. The first kappa shape index (κ1) is 18.1. The minimum atomic E-state index is -0.224. The lowest BCUT2D eigenvalue weighted by Crippen LogP contribution is -2.43. The first-order valence-electron chi connectivity index (χ1n) is 9.45. The van der Waals surface area contributed by atoms with E-state index < -0.39 is 0 Å². The number of aromatic nitrogens is 1. The van der Waals surface area contributed by atoms with E-state index in [1.165, 1.54) is 0 Å². The van der Waals surface area contributed by atoms with Crippen molar-refractivity contribution in [2.24, 2.45) is 5.92 Å². The number of fused-ring (bicyclic) bond motifs is 1. The van der Waals surface area contributed by atoms with Crippen molar-refractivity contribution in [2.75, 3.05) is 25.5 Å². The van der Waals surface area contributed by atoms with Gasteiger partial charge >= 0.3 is 0 Å². The topological polar surface area (TPSA) is 74.4 Å². The first-order valence-corrected chi connectivity index (χ1v) is 9.45. The predicted octanol–water partition coefficient (Wildman–Crippen LogP) is 3.67.